The van der Waals surface area contributed by atoms with Crippen molar-refractivity contribution in [3.8, 4) is 0 Å². The lowest BCUT2D eigenvalue weighted by Gasteiger charge is -2.12. The second-order valence-corrected chi connectivity index (χ2v) is 4.64. The number of aliphatic hydroxyl groups excluding tert-OH is 1. The molecule has 0 saturated carbocycles. The van der Waals surface area contributed by atoms with Crippen molar-refractivity contribution in [2.45, 2.75) is 13.3 Å². The molecule has 6 heteroatoms. The van der Waals surface area contributed by atoms with Crippen LogP contribution in [-0.2, 0) is 11.2 Å². The summed E-state index contributed by atoms with van der Waals surface area (Å²) in [6.07, 6.45) is 2.46. The molecule has 0 amide bonds. The van der Waals surface area contributed by atoms with Crippen molar-refractivity contribution in [2.75, 3.05) is 39.5 Å². The van der Waals surface area contributed by atoms with Gasteiger partial charge in [-0.25, -0.2) is 4.99 Å². The van der Waals surface area contributed by atoms with Crippen LogP contribution >= 0.6 is 0 Å². The molecule has 0 atom stereocenters. The molecule has 21 heavy (non-hydrogen) atoms. The number of aliphatic imine (C=N–C) groups is 1. The van der Waals surface area contributed by atoms with Crippen LogP contribution in [0.1, 0.15) is 12.7 Å². The Hall–Kier alpha value is -1.79. The molecule has 0 unspecified atom stereocenters. The first-order chi connectivity index (χ1) is 10.2. The van der Waals surface area contributed by atoms with Gasteiger partial charge in [0.2, 0.25) is 0 Å². The van der Waals surface area contributed by atoms with Gasteiger partial charge in [-0.3, -0.25) is 0 Å². The minimum atomic E-state index is 0.0397. The highest BCUT2D eigenvalue weighted by atomic mass is 16.5. The maximum absolute atomic E-state index is 8.63. The molecule has 0 bridgehead atoms. The Labute approximate surface area is 125 Å². The molecule has 1 rings (SSSR count). The number of aliphatic hydroxyl groups is 1. The topological polar surface area (TPSA) is 79.0 Å². The van der Waals surface area contributed by atoms with Crippen LogP contribution in [0.15, 0.2) is 40.0 Å². The summed E-state index contributed by atoms with van der Waals surface area (Å²) in [5.41, 5.74) is 0.999. The fourth-order valence-corrected chi connectivity index (χ4v) is 1.56. The number of guanidine groups is 1. The summed E-state index contributed by atoms with van der Waals surface area (Å²) < 4.78 is 10.5. The zero-order valence-electron chi connectivity index (χ0n) is 12.6. The Balaban J connectivity index is 2.29. The molecule has 0 saturated heterocycles. The van der Waals surface area contributed by atoms with Crippen LogP contribution < -0.4 is 10.6 Å². The Morgan fingerprint density at radius 3 is 2.86 bits per heavy atom. The van der Waals surface area contributed by atoms with Gasteiger partial charge in [0.1, 0.15) is 5.76 Å². The van der Waals surface area contributed by atoms with Crippen molar-refractivity contribution < 1.29 is 14.3 Å². The van der Waals surface area contributed by atoms with Crippen molar-refractivity contribution in [3.63, 3.8) is 0 Å². The third-order valence-electron chi connectivity index (χ3n) is 2.53. The zero-order chi connectivity index (χ0) is 15.3. The minimum absolute atomic E-state index is 0.0397. The van der Waals surface area contributed by atoms with Crippen LogP contribution in [0, 0.1) is 0 Å². The lowest BCUT2D eigenvalue weighted by atomic mass is 10.3. The summed E-state index contributed by atoms with van der Waals surface area (Å²) in [6.45, 7) is 8.62. The predicted octanol–water partition coefficient (Wildman–Crippen LogP) is 0.942. The van der Waals surface area contributed by atoms with Gasteiger partial charge in [-0.2, -0.15) is 0 Å². The van der Waals surface area contributed by atoms with Crippen LogP contribution in [0.25, 0.3) is 0 Å². The van der Waals surface area contributed by atoms with Crippen LogP contribution in [0.4, 0.5) is 0 Å². The Kier molecular flexibility index (Phi) is 8.99. The van der Waals surface area contributed by atoms with Crippen molar-refractivity contribution in [2.24, 2.45) is 4.99 Å². The van der Waals surface area contributed by atoms with Gasteiger partial charge in [-0.15, -0.1) is 0 Å². The van der Waals surface area contributed by atoms with E-state index in [0.29, 0.717) is 26.3 Å². The largest absolute Gasteiger partial charge is 0.469 e. The number of nitrogens with zero attached hydrogens (tertiary/aromatic N) is 1. The van der Waals surface area contributed by atoms with Crippen molar-refractivity contribution >= 4 is 5.96 Å². The first-order valence-corrected chi connectivity index (χ1v) is 7.10. The van der Waals surface area contributed by atoms with E-state index in [1.807, 2.05) is 19.1 Å². The van der Waals surface area contributed by atoms with E-state index < -0.39 is 0 Å². The standard InChI is InChI=1S/C15H25N3O3/c1-13(2)12-18-15(17-7-10-20-11-8-19)16-6-5-14-4-3-9-21-14/h3-4,9,19H,1,5-8,10-12H2,2H3,(H2,16,17,18). The number of rotatable bonds is 10. The average molecular weight is 295 g/mol. The second kappa shape index (κ2) is 10.9. The zero-order valence-corrected chi connectivity index (χ0v) is 12.6. The molecule has 0 aliphatic heterocycles. The van der Waals surface area contributed by atoms with E-state index in [0.717, 1.165) is 30.3 Å². The van der Waals surface area contributed by atoms with E-state index in [4.69, 9.17) is 14.3 Å². The third-order valence-corrected chi connectivity index (χ3v) is 2.53. The molecule has 6 nitrogen and oxygen atoms in total. The first kappa shape index (κ1) is 17.3. The van der Waals surface area contributed by atoms with Crippen molar-refractivity contribution in [3.05, 3.63) is 36.3 Å². The highest BCUT2D eigenvalue weighted by Crippen LogP contribution is 1.99. The number of hydrogen-bond acceptors (Lipinski definition) is 4. The molecule has 0 radical (unpaired) electrons. The summed E-state index contributed by atoms with van der Waals surface area (Å²) >= 11 is 0. The molecule has 118 valence electrons. The SMILES string of the molecule is C=C(C)CN=C(NCCOCCO)NCCc1ccco1. The molecule has 0 aromatic carbocycles. The summed E-state index contributed by atoms with van der Waals surface area (Å²) in [6, 6.07) is 3.82. The van der Waals surface area contributed by atoms with Gasteiger partial charge in [-0.1, -0.05) is 12.2 Å². The minimum Gasteiger partial charge on any atom is -0.469 e. The Morgan fingerprint density at radius 2 is 2.19 bits per heavy atom. The van der Waals surface area contributed by atoms with E-state index in [2.05, 4.69) is 22.2 Å². The Bertz CT molecular complexity index is 416. The molecule has 0 fully saturated rings. The molecule has 1 aromatic heterocycles. The molecule has 0 aliphatic carbocycles. The van der Waals surface area contributed by atoms with Gasteiger partial charge < -0.3 is 24.9 Å². The van der Waals surface area contributed by atoms with Gasteiger partial charge in [0.15, 0.2) is 5.96 Å². The van der Waals surface area contributed by atoms with Gasteiger partial charge in [0.05, 0.1) is 32.6 Å². The maximum atomic E-state index is 8.63. The second-order valence-electron chi connectivity index (χ2n) is 4.64. The van der Waals surface area contributed by atoms with E-state index in [-0.39, 0.29) is 6.61 Å². The fraction of sp³-hybridized carbons (Fsp3) is 0.533. The van der Waals surface area contributed by atoms with Crippen molar-refractivity contribution in [1.82, 2.24) is 10.6 Å². The highest BCUT2D eigenvalue weighted by molar-refractivity contribution is 5.79. The van der Waals surface area contributed by atoms with Crippen LogP contribution in [0.2, 0.25) is 0 Å². The lowest BCUT2D eigenvalue weighted by Crippen LogP contribution is -2.40. The van der Waals surface area contributed by atoms with Gasteiger partial charge in [0, 0.05) is 19.5 Å². The fourth-order valence-electron chi connectivity index (χ4n) is 1.56. The number of nitrogens with one attached hydrogen (secondary N) is 2. The molecule has 0 spiro atoms. The van der Waals surface area contributed by atoms with Gasteiger partial charge in [-0.05, 0) is 19.1 Å². The maximum Gasteiger partial charge on any atom is 0.191 e. The van der Waals surface area contributed by atoms with Crippen LogP contribution in [0.3, 0.4) is 0 Å². The molecule has 1 heterocycles. The quantitative estimate of drug-likeness (QED) is 0.259. The summed E-state index contributed by atoms with van der Waals surface area (Å²) in [4.78, 5) is 4.42. The van der Waals surface area contributed by atoms with E-state index >= 15 is 0 Å². The summed E-state index contributed by atoms with van der Waals surface area (Å²) in [7, 11) is 0. The van der Waals surface area contributed by atoms with Gasteiger partial charge in [0.25, 0.3) is 0 Å². The van der Waals surface area contributed by atoms with Crippen molar-refractivity contribution in [1.29, 1.82) is 0 Å². The van der Waals surface area contributed by atoms with Crippen LogP contribution in [0.5, 0.6) is 0 Å². The highest BCUT2D eigenvalue weighted by Gasteiger charge is 2.00. The number of furan rings is 1. The lowest BCUT2D eigenvalue weighted by molar-refractivity contribution is 0.0957. The van der Waals surface area contributed by atoms with E-state index in [9.17, 15) is 0 Å². The normalized spacial score (nSPS) is 11.4. The summed E-state index contributed by atoms with van der Waals surface area (Å²) in [5.74, 6) is 1.66. The number of ether oxygens (including phenoxy) is 1. The van der Waals surface area contributed by atoms with Gasteiger partial charge >= 0.3 is 0 Å². The predicted molar refractivity (Wildman–Crippen MR) is 83.4 cm³/mol. The molecule has 3 N–H and O–H groups in total. The van der Waals surface area contributed by atoms with E-state index in [1.165, 1.54) is 0 Å². The molecule has 1 aromatic rings. The summed E-state index contributed by atoms with van der Waals surface area (Å²) in [5, 5.41) is 15.0. The molecule has 0 aliphatic rings. The number of hydrogen-bond donors (Lipinski definition) is 3. The first-order valence-electron chi connectivity index (χ1n) is 7.10. The smallest absolute Gasteiger partial charge is 0.191 e. The monoisotopic (exact) mass is 295 g/mol. The van der Waals surface area contributed by atoms with Crippen LogP contribution in [-0.4, -0.2) is 50.5 Å². The third kappa shape index (κ3) is 8.88. The molecular formula is C15H25N3O3. The van der Waals surface area contributed by atoms with E-state index in [1.54, 1.807) is 6.26 Å². The Morgan fingerprint density at radius 1 is 1.38 bits per heavy atom. The average Bonchev–Trinajstić information content (AvgIpc) is 2.97. The molecular weight excluding hydrogens is 270 g/mol.